The van der Waals surface area contributed by atoms with Crippen LogP contribution in [0, 0.1) is 23.5 Å². The van der Waals surface area contributed by atoms with Crippen molar-refractivity contribution in [1.82, 2.24) is 0 Å². The molecule has 4 rings (SSSR count). The maximum atomic E-state index is 14.8. The lowest BCUT2D eigenvalue weighted by Gasteiger charge is -2.26. The van der Waals surface area contributed by atoms with E-state index >= 15 is 0 Å². The van der Waals surface area contributed by atoms with Crippen molar-refractivity contribution in [3.8, 4) is 22.6 Å². The van der Waals surface area contributed by atoms with Gasteiger partial charge >= 0.3 is 12.2 Å². The number of hydrogen-bond acceptors (Lipinski definition) is 2. The molecule has 0 atom stereocenters. The first-order valence-electron chi connectivity index (χ1n) is 14.3. The molecule has 8 heteroatoms. The largest absolute Gasteiger partial charge is 0.453 e. The van der Waals surface area contributed by atoms with E-state index in [1.165, 1.54) is 75.6 Å². The van der Waals surface area contributed by atoms with Gasteiger partial charge in [0.2, 0.25) is 0 Å². The SMILES string of the molecule is CCCCCC1CCC(/C=C/c2ccc(-c3ccc(C(F)(F)Oc4cc(F)c(OC=C(F)F)c(F)c4)cc3)cc2)CC1. The Kier molecular flexibility index (Phi) is 10.8. The van der Waals surface area contributed by atoms with Crippen LogP contribution >= 0.6 is 0 Å². The number of ether oxygens (including phenoxy) is 2. The monoisotopic (exact) mass is 588 g/mol. The Labute approximate surface area is 242 Å². The van der Waals surface area contributed by atoms with E-state index in [0.29, 0.717) is 23.6 Å². The molecule has 0 amide bonds. The molecule has 0 spiro atoms. The third kappa shape index (κ3) is 8.66. The summed E-state index contributed by atoms with van der Waals surface area (Å²) in [7, 11) is 0. The Balaban J connectivity index is 1.34. The van der Waals surface area contributed by atoms with Gasteiger partial charge in [0.05, 0.1) is 5.56 Å². The van der Waals surface area contributed by atoms with Crippen LogP contribution in [0.3, 0.4) is 0 Å². The average Bonchev–Trinajstić information content (AvgIpc) is 2.96. The first-order chi connectivity index (χ1) is 20.1. The average molecular weight is 589 g/mol. The van der Waals surface area contributed by atoms with Gasteiger partial charge in [-0.05, 0) is 66.3 Å². The number of benzene rings is 3. The van der Waals surface area contributed by atoms with Crippen molar-refractivity contribution in [2.45, 2.75) is 64.4 Å². The molecule has 0 aromatic heterocycles. The summed E-state index contributed by atoms with van der Waals surface area (Å²) < 4.78 is 90.6. The van der Waals surface area contributed by atoms with E-state index < -0.39 is 40.9 Å². The van der Waals surface area contributed by atoms with Crippen LogP contribution in [0.2, 0.25) is 0 Å². The minimum Gasteiger partial charge on any atom is -0.453 e. The van der Waals surface area contributed by atoms with Crippen LogP contribution in [0.1, 0.15) is 69.4 Å². The molecule has 1 aliphatic carbocycles. The van der Waals surface area contributed by atoms with Crippen molar-refractivity contribution < 1.29 is 35.8 Å². The van der Waals surface area contributed by atoms with Crippen LogP contribution in [-0.4, -0.2) is 0 Å². The van der Waals surface area contributed by atoms with Gasteiger partial charge in [-0.25, -0.2) is 8.78 Å². The molecular formula is C34H34F6O2. The Morgan fingerprint density at radius 3 is 2.02 bits per heavy atom. The Morgan fingerprint density at radius 1 is 0.857 bits per heavy atom. The van der Waals surface area contributed by atoms with Crippen LogP contribution in [-0.2, 0) is 6.11 Å². The van der Waals surface area contributed by atoms with E-state index in [9.17, 15) is 26.3 Å². The molecule has 0 radical (unpaired) electrons. The van der Waals surface area contributed by atoms with Crippen molar-refractivity contribution >= 4 is 6.08 Å². The van der Waals surface area contributed by atoms with Gasteiger partial charge in [0.1, 0.15) is 5.75 Å². The molecule has 1 fully saturated rings. The smallest absolute Gasteiger partial charge is 0.426 e. The zero-order valence-electron chi connectivity index (χ0n) is 23.4. The van der Waals surface area contributed by atoms with Gasteiger partial charge in [0, 0.05) is 12.1 Å². The van der Waals surface area contributed by atoms with E-state index in [0.717, 1.165) is 17.0 Å². The molecule has 0 heterocycles. The first kappa shape index (κ1) is 31.3. The highest BCUT2D eigenvalue weighted by Crippen LogP contribution is 2.36. The van der Waals surface area contributed by atoms with E-state index in [-0.39, 0.29) is 6.26 Å². The number of allylic oxidation sites excluding steroid dienone is 1. The maximum absolute atomic E-state index is 14.8. The number of halogens is 6. The predicted octanol–water partition coefficient (Wildman–Crippen LogP) is 11.3. The highest BCUT2D eigenvalue weighted by molar-refractivity contribution is 5.66. The number of alkyl halides is 2. The predicted molar refractivity (Wildman–Crippen MR) is 152 cm³/mol. The van der Waals surface area contributed by atoms with Gasteiger partial charge in [-0.3, -0.25) is 0 Å². The summed E-state index contributed by atoms with van der Waals surface area (Å²) >= 11 is 0. The van der Waals surface area contributed by atoms with Crippen LogP contribution in [0.5, 0.6) is 11.5 Å². The van der Waals surface area contributed by atoms with E-state index in [2.05, 4.69) is 28.5 Å². The maximum Gasteiger partial charge on any atom is 0.426 e. The Hall–Kier alpha value is -3.68. The molecule has 1 aliphatic rings. The second-order valence-electron chi connectivity index (χ2n) is 10.7. The molecule has 42 heavy (non-hydrogen) atoms. The minimum absolute atomic E-state index is 0.163. The third-order valence-electron chi connectivity index (χ3n) is 7.62. The summed E-state index contributed by atoms with van der Waals surface area (Å²) in [6, 6.07) is 14.0. The number of hydrogen-bond donors (Lipinski definition) is 0. The van der Waals surface area contributed by atoms with Crippen molar-refractivity contribution in [3.63, 3.8) is 0 Å². The fourth-order valence-electron chi connectivity index (χ4n) is 5.26. The van der Waals surface area contributed by atoms with Crippen molar-refractivity contribution in [2.24, 2.45) is 11.8 Å². The summed E-state index contributed by atoms with van der Waals surface area (Å²) in [6.07, 6.45) is 8.39. The summed E-state index contributed by atoms with van der Waals surface area (Å²) in [5.41, 5.74) is 2.09. The van der Waals surface area contributed by atoms with Gasteiger partial charge in [0.15, 0.2) is 23.6 Å². The van der Waals surface area contributed by atoms with Crippen molar-refractivity contribution in [1.29, 1.82) is 0 Å². The number of rotatable bonds is 12. The van der Waals surface area contributed by atoms with Gasteiger partial charge in [0.25, 0.3) is 0 Å². The molecule has 0 unspecified atom stereocenters. The zero-order valence-corrected chi connectivity index (χ0v) is 23.4. The molecule has 3 aromatic rings. The lowest BCUT2D eigenvalue weighted by Crippen LogP contribution is -2.22. The summed E-state index contributed by atoms with van der Waals surface area (Å²) in [5, 5.41) is 0. The van der Waals surface area contributed by atoms with Gasteiger partial charge in [-0.1, -0.05) is 81.2 Å². The van der Waals surface area contributed by atoms with Gasteiger partial charge in [-0.15, -0.1) is 0 Å². The zero-order chi connectivity index (χ0) is 30.1. The standard InChI is InChI=1S/C34H34F6O2/c1-2-3-4-5-23-6-8-24(9-7-23)10-11-25-12-14-26(15-13-25)27-16-18-28(19-17-27)34(39,40)42-29-20-30(35)33(31(36)21-29)41-22-32(37)38/h10-24H,2-9H2,1H3/b11-10+. The third-order valence-corrected chi connectivity index (χ3v) is 7.62. The fraction of sp³-hybridized carbons (Fsp3) is 0.353. The summed E-state index contributed by atoms with van der Waals surface area (Å²) in [5.74, 6) is -3.47. The second kappa shape index (κ2) is 14.5. The van der Waals surface area contributed by atoms with Crippen LogP contribution in [0.25, 0.3) is 17.2 Å². The van der Waals surface area contributed by atoms with E-state index in [4.69, 9.17) is 0 Å². The van der Waals surface area contributed by atoms with Crippen molar-refractivity contribution in [2.75, 3.05) is 0 Å². The topological polar surface area (TPSA) is 18.5 Å². The van der Waals surface area contributed by atoms with Crippen LogP contribution < -0.4 is 9.47 Å². The first-order valence-corrected chi connectivity index (χ1v) is 14.3. The highest BCUT2D eigenvalue weighted by atomic mass is 19.3. The van der Waals surface area contributed by atoms with Gasteiger partial charge < -0.3 is 9.47 Å². The Morgan fingerprint density at radius 2 is 1.45 bits per heavy atom. The molecule has 3 aromatic carbocycles. The Bertz CT molecular complexity index is 1330. The second-order valence-corrected chi connectivity index (χ2v) is 10.7. The van der Waals surface area contributed by atoms with Crippen LogP contribution in [0.4, 0.5) is 26.3 Å². The molecule has 1 saturated carbocycles. The lowest BCUT2D eigenvalue weighted by atomic mass is 9.79. The normalized spacial score (nSPS) is 17.3. The molecule has 2 nitrogen and oxygen atoms in total. The van der Waals surface area contributed by atoms with Crippen LogP contribution in [0.15, 0.2) is 79.1 Å². The molecule has 0 bridgehead atoms. The minimum atomic E-state index is -3.92. The molecule has 224 valence electrons. The van der Waals surface area contributed by atoms with Gasteiger partial charge in [-0.2, -0.15) is 17.6 Å². The summed E-state index contributed by atoms with van der Waals surface area (Å²) in [4.78, 5) is 0. The fourth-order valence-corrected chi connectivity index (χ4v) is 5.26. The summed E-state index contributed by atoms with van der Waals surface area (Å²) in [6.45, 7) is 2.24. The van der Waals surface area contributed by atoms with E-state index in [1.54, 1.807) is 0 Å². The molecule has 0 saturated heterocycles. The van der Waals surface area contributed by atoms with Crippen molar-refractivity contribution in [3.05, 3.63) is 102 Å². The molecule has 0 aliphatic heterocycles. The quantitative estimate of drug-likeness (QED) is 0.119. The molecular weight excluding hydrogens is 554 g/mol. The highest BCUT2D eigenvalue weighted by Gasteiger charge is 2.35. The molecule has 0 N–H and O–H groups in total. The lowest BCUT2D eigenvalue weighted by molar-refractivity contribution is -0.185. The van der Waals surface area contributed by atoms with E-state index in [1.807, 2.05) is 24.3 Å². The number of unbranched alkanes of at least 4 members (excludes halogenated alkanes) is 2.